The highest BCUT2D eigenvalue weighted by Crippen LogP contribution is 2.10. The Balaban J connectivity index is 2.99. The Morgan fingerprint density at radius 1 is 0.842 bits per heavy atom. The standard InChI is InChI=1S/C24H31F2N3O9/c1-13(2)10-17(22(34)27-16(11-18(25)26)20(32)23(35)36)28-21(33)15(8-9-19(30)31)29-24(37)38-12-14-6-4-3-5-7-14/h3-7,13,15-18H,8-12H2,1-2H3,(H,27,34)(H,28,33)(H,29,37)(H,30,31)(H,35,36)/t15-,16?,17-/m0/s1. The molecule has 0 aliphatic carbocycles. The largest absolute Gasteiger partial charge is 0.481 e. The minimum Gasteiger partial charge on any atom is -0.481 e. The smallest absolute Gasteiger partial charge is 0.408 e. The van der Waals surface area contributed by atoms with Crippen molar-refractivity contribution in [2.45, 2.75) is 70.7 Å². The van der Waals surface area contributed by atoms with Crippen molar-refractivity contribution in [3.05, 3.63) is 35.9 Å². The van der Waals surface area contributed by atoms with E-state index in [1.54, 1.807) is 44.2 Å². The van der Waals surface area contributed by atoms with Crippen molar-refractivity contribution in [2.75, 3.05) is 0 Å². The molecule has 3 amide bonds. The lowest BCUT2D eigenvalue weighted by Gasteiger charge is -2.25. The van der Waals surface area contributed by atoms with Gasteiger partial charge in [0.2, 0.25) is 18.2 Å². The molecule has 0 aliphatic rings. The summed E-state index contributed by atoms with van der Waals surface area (Å²) in [6, 6.07) is 3.66. The van der Waals surface area contributed by atoms with Gasteiger partial charge in [-0.15, -0.1) is 0 Å². The number of ether oxygens (including phenoxy) is 1. The fourth-order valence-corrected chi connectivity index (χ4v) is 3.25. The van der Waals surface area contributed by atoms with Gasteiger partial charge in [-0.05, 0) is 24.3 Å². The van der Waals surface area contributed by atoms with Crippen LogP contribution in [0.25, 0.3) is 0 Å². The first-order valence-corrected chi connectivity index (χ1v) is 11.6. The number of hydrogen-bond donors (Lipinski definition) is 5. The first-order chi connectivity index (χ1) is 17.8. The van der Waals surface area contributed by atoms with Gasteiger partial charge in [0.05, 0.1) is 0 Å². The Hall–Kier alpha value is -4.10. The fraction of sp³-hybridized carbons (Fsp3) is 0.500. The third-order valence-electron chi connectivity index (χ3n) is 5.07. The number of carboxylic acid groups (broad SMARTS) is 2. The van der Waals surface area contributed by atoms with Crippen LogP contribution in [0.15, 0.2) is 30.3 Å². The summed E-state index contributed by atoms with van der Waals surface area (Å²) in [5.74, 6) is -7.26. The van der Waals surface area contributed by atoms with Gasteiger partial charge in [-0.2, -0.15) is 0 Å². The number of Topliss-reactive ketones (excluding diaryl/α,β-unsaturated/α-hetero) is 1. The summed E-state index contributed by atoms with van der Waals surface area (Å²) in [4.78, 5) is 71.8. The molecular weight excluding hydrogens is 512 g/mol. The number of amides is 3. The average molecular weight is 544 g/mol. The zero-order valence-electron chi connectivity index (χ0n) is 20.8. The van der Waals surface area contributed by atoms with Gasteiger partial charge in [-0.25, -0.2) is 18.4 Å². The van der Waals surface area contributed by atoms with Crippen molar-refractivity contribution in [2.24, 2.45) is 5.92 Å². The summed E-state index contributed by atoms with van der Waals surface area (Å²) < 4.78 is 30.8. The Morgan fingerprint density at radius 3 is 1.95 bits per heavy atom. The number of halogens is 2. The number of alkyl carbamates (subject to hydrolysis) is 1. The van der Waals surface area contributed by atoms with Crippen molar-refractivity contribution in [1.82, 2.24) is 16.0 Å². The van der Waals surface area contributed by atoms with Crippen molar-refractivity contribution in [3.63, 3.8) is 0 Å². The number of aliphatic carboxylic acids is 2. The lowest BCUT2D eigenvalue weighted by Crippen LogP contribution is -2.56. The molecule has 0 aliphatic heterocycles. The maximum absolute atomic E-state index is 12.9. The molecule has 3 atom stereocenters. The van der Waals surface area contributed by atoms with Gasteiger partial charge in [-0.1, -0.05) is 44.2 Å². The summed E-state index contributed by atoms with van der Waals surface area (Å²) in [7, 11) is 0. The lowest BCUT2D eigenvalue weighted by atomic mass is 10.0. The molecule has 0 spiro atoms. The molecule has 1 aromatic rings. The number of ketones is 1. The van der Waals surface area contributed by atoms with Crippen LogP contribution in [0.5, 0.6) is 0 Å². The summed E-state index contributed by atoms with van der Waals surface area (Å²) in [5.41, 5.74) is 0.650. The predicted molar refractivity (Wildman–Crippen MR) is 127 cm³/mol. The topological polar surface area (TPSA) is 188 Å². The van der Waals surface area contributed by atoms with Crippen LogP contribution in [-0.4, -0.2) is 70.4 Å². The molecule has 0 heterocycles. The number of carbonyl (C=O) groups is 6. The second-order valence-electron chi connectivity index (χ2n) is 8.74. The van der Waals surface area contributed by atoms with Crippen LogP contribution in [0.2, 0.25) is 0 Å². The number of hydrogen-bond acceptors (Lipinski definition) is 7. The molecule has 0 fully saturated rings. The van der Waals surface area contributed by atoms with Crippen molar-refractivity contribution < 1.29 is 52.5 Å². The van der Waals surface area contributed by atoms with Crippen LogP contribution >= 0.6 is 0 Å². The molecule has 0 saturated carbocycles. The first kappa shape index (κ1) is 31.9. The predicted octanol–water partition coefficient (Wildman–Crippen LogP) is 1.47. The third kappa shape index (κ3) is 12.2. The van der Waals surface area contributed by atoms with Gasteiger partial charge in [0.15, 0.2) is 0 Å². The Labute approximate surface area is 217 Å². The lowest BCUT2D eigenvalue weighted by molar-refractivity contribution is -0.151. The van der Waals surface area contributed by atoms with E-state index < -0.39 is 73.0 Å². The molecule has 38 heavy (non-hydrogen) atoms. The number of carbonyl (C=O) groups excluding carboxylic acids is 4. The van der Waals surface area contributed by atoms with Crippen LogP contribution in [0.1, 0.15) is 45.1 Å². The minimum absolute atomic E-state index is 0.0513. The van der Waals surface area contributed by atoms with Gasteiger partial charge in [-0.3, -0.25) is 19.2 Å². The monoisotopic (exact) mass is 543 g/mol. The molecule has 0 bridgehead atoms. The van der Waals surface area contributed by atoms with Gasteiger partial charge < -0.3 is 30.9 Å². The highest BCUT2D eigenvalue weighted by molar-refractivity contribution is 6.35. The molecule has 0 saturated heterocycles. The van der Waals surface area contributed by atoms with Crippen LogP contribution in [-0.2, 0) is 35.3 Å². The van der Waals surface area contributed by atoms with Gasteiger partial charge in [0.25, 0.3) is 5.78 Å². The molecular formula is C24H31F2N3O9. The summed E-state index contributed by atoms with van der Waals surface area (Å²) in [6.07, 6.45) is -6.34. The van der Waals surface area contributed by atoms with E-state index >= 15 is 0 Å². The highest BCUT2D eigenvalue weighted by atomic mass is 19.3. The van der Waals surface area contributed by atoms with E-state index in [0.717, 1.165) is 0 Å². The van der Waals surface area contributed by atoms with E-state index in [4.69, 9.17) is 14.9 Å². The average Bonchev–Trinajstić information content (AvgIpc) is 2.83. The molecule has 1 aromatic carbocycles. The summed E-state index contributed by atoms with van der Waals surface area (Å²) in [6.45, 7) is 3.21. The van der Waals surface area contributed by atoms with Crippen LogP contribution in [0.3, 0.4) is 0 Å². The van der Waals surface area contributed by atoms with E-state index in [0.29, 0.717) is 5.56 Å². The molecule has 1 unspecified atom stereocenters. The van der Waals surface area contributed by atoms with E-state index in [1.165, 1.54) is 0 Å². The molecule has 5 N–H and O–H groups in total. The van der Waals surface area contributed by atoms with Gasteiger partial charge >= 0.3 is 18.0 Å². The second-order valence-corrected chi connectivity index (χ2v) is 8.74. The molecule has 0 radical (unpaired) electrons. The van der Waals surface area contributed by atoms with Crippen molar-refractivity contribution >= 4 is 35.6 Å². The van der Waals surface area contributed by atoms with Crippen LogP contribution in [0, 0.1) is 5.92 Å². The Kier molecular flexibility index (Phi) is 13.4. The first-order valence-electron chi connectivity index (χ1n) is 11.6. The summed E-state index contributed by atoms with van der Waals surface area (Å²) >= 11 is 0. The third-order valence-corrected chi connectivity index (χ3v) is 5.07. The second kappa shape index (κ2) is 15.9. The fourth-order valence-electron chi connectivity index (χ4n) is 3.25. The quantitative estimate of drug-likeness (QED) is 0.192. The normalized spacial score (nSPS) is 13.2. The van der Waals surface area contributed by atoms with E-state index in [-0.39, 0.29) is 25.4 Å². The number of benzene rings is 1. The Morgan fingerprint density at radius 2 is 1.42 bits per heavy atom. The molecule has 12 nitrogen and oxygen atoms in total. The van der Waals surface area contributed by atoms with Crippen molar-refractivity contribution in [3.8, 4) is 0 Å². The zero-order chi connectivity index (χ0) is 28.8. The maximum atomic E-state index is 12.9. The number of rotatable bonds is 16. The van der Waals surface area contributed by atoms with Crippen molar-refractivity contribution in [1.29, 1.82) is 0 Å². The van der Waals surface area contributed by atoms with E-state index in [1.807, 2.05) is 5.32 Å². The number of alkyl halides is 2. The van der Waals surface area contributed by atoms with Gasteiger partial charge in [0.1, 0.15) is 24.7 Å². The number of nitrogens with one attached hydrogen (secondary N) is 3. The van der Waals surface area contributed by atoms with E-state index in [2.05, 4.69) is 10.6 Å². The van der Waals surface area contributed by atoms with Crippen LogP contribution in [0.4, 0.5) is 13.6 Å². The maximum Gasteiger partial charge on any atom is 0.408 e. The number of carboxylic acids is 2. The summed E-state index contributed by atoms with van der Waals surface area (Å²) in [5, 5.41) is 24.4. The van der Waals surface area contributed by atoms with E-state index in [9.17, 15) is 37.5 Å². The van der Waals surface area contributed by atoms with Crippen LogP contribution < -0.4 is 16.0 Å². The SMILES string of the molecule is CC(C)C[C@H](NC(=O)[C@H](CCC(=O)O)NC(=O)OCc1ccccc1)C(=O)NC(CC(F)F)C(=O)C(=O)O. The molecule has 210 valence electrons. The Bertz CT molecular complexity index is 990. The minimum atomic E-state index is -3.10. The molecule has 1 rings (SSSR count). The molecule has 0 aromatic heterocycles. The van der Waals surface area contributed by atoms with Gasteiger partial charge in [0, 0.05) is 12.8 Å². The zero-order valence-corrected chi connectivity index (χ0v) is 20.8. The highest BCUT2D eigenvalue weighted by Gasteiger charge is 2.33. The molecule has 14 heteroatoms.